The topological polar surface area (TPSA) is 78.5 Å². The third kappa shape index (κ3) is 5.14. The molecule has 0 radical (unpaired) electrons. The molecule has 4 heteroatoms. The minimum absolute atomic E-state index is 0.357. The summed E-state index contributed by atoms with van der Waals surface area (Å²) in [6, 6.07) is 6.08. The van der Waals surface area contributed by atoms with E-state index in [1.54, 1.807) is 13.8 Å². The molecule has 5 N–H and O–H groups in total. The number of hydrogen-bond donors (Lipinski definition) is 4. The third-order valence-electron chi connectivity index (χ3n) is 2.78. The van der Waals surface area contributed by atoms with Crippen molar-refractivity contribution in [2.45, 2.75) is 45.6 Å². The number of hydrogen-bond acceptors (Lipinski definition) is 4. The summed E-state index contributed by atoms with van der Waals surface area (Å²) in [5.74, 6) is 0. The van der Waals surface area contributed by atoms with Crippen molar-refractivity contribution in [1.82, 2.24) is 5.32 Å². The molecule has 18 heavy (non-hydrogen) atoms. The number of nitrogens with one attached hydrogen (secondary N) is 1. The van der Waals surface area contributed by atoms with Crippen molar-refractivity contribution in [1.29, 1.82) is 0 Å². The molecule has 2 atom stereocenters. The third-order valence-corrected chi connectivity index (χ3v) is 2.78. The van der Waals surface area contributed by atoms with Crippen LogP contribution in [-0.4, -0.2) is 29.0 Å². The molecule has 0 amide bonds. The molecule has 0 spiro atoms. The van der Waals surface area contributed by atoms with Gasteiger partial charge >= 0.3 is 0 Å². The lowest BCUT2D eigenvalue weighted by molar-refractivity contribution is 0.189. The van der Waals surface area contributed by atoms with Gasteiger partial charge in [0.25, 0.3) is 0 Å². The second-order valence-corrected chi connectivity index (χ2v) is 4.84. The normalized spacial score (nSPS) is 14.5. The first-order chi connectivity index (χ1) is 8.52. The van der Waals surface area contributed by atoms with Crippen molar-refractivity contribution in [3.05, 3.63) is 34.9 Å². The predicted molar refractivity (Wildman–Crippen MR) is 73.1 cm³/mol. The van der Waals surface area contributed by atoms with E-state index in [2.05, 4.69) is 11.4 Å². The second kappa shape index (κ2) is 7.48. The Hall–Kier alpha value is -0.940. The molecule has 0 aliphatic rings. The van der Waals surface area contributed by atoms with Crippen LogP contribution in [0.4, 0.5) is 0 Å². The number of nitrogens with two attached hydrogens (primary N) is 1. The van der Waals surface area contributed by atoms with Gasteiger partial charge in [0.15, 0.2) is 0 Å². The highest BCUT2D eigenvalue weighted by Crippen LogP contribution is 2.14. The van der Waals surface area contributed by atoms with Crippen molar-refractivity contribution < 1.29 is 10.2 Å². The summed E-state index contributed by atoms with van der Waals surface area (Å²) >= 11 is 0. The Balaban J connectivity index is 2.76. The summed E-state index contributed by atoms with van der Waals surface area (Å²) < 4.78 is 0. The van der Waals surface area contributed by atoms with Crippen molar-refractivity contribution in [3.8, 4) is 0 Å². The zero-order chi connectivity index (χ0) is 13.5. The van der Waals surface area contributed by atoms with Crippen LogP contribution < -0.4 is 11.1 Å². The molecule has 1 aromatic rings. The van der Waals surface area contributed by atoms with Gasteiger partial charge in [-0.15, -0.1) is 0 Å². The van der Waals surface area contributed by atoms with E-state index >= 15 is 0 Å². The molecule has 0 bridgehead atoms. The molecule has 4 nitrogen and oxygen atoms in total. The fourth-order valence-corrected chi connectivity index (χ4v) is 1.90. The molecule has 1 aromatic carbocycles. The average molecular weight is 252 g/mol. The molecule has 0 heterocycles. The maximum atomic E-state index is 9.49. The largest absolute Gasteiger partial charge is 0.393 e. The van der Waals surface area contributed by atoms with E-state index in [1.165, 1.54) is 0 Å². The van der Waals surface area contributed by atoms with E-state index in [0.717, 1.165) is 16.7 Å². The molecule has 0 saturated carbocycles. The van der Waals surface area contributed by atoms with E-state index in [4.69, 9.17) is 5.73 Å². The van der Waals surface area contributed by atoms with Gasteiger partial charge in [-0.1, -0.05) is 18.2 Å². The van der Waals surface area contributed by atoms with Gasteiger partial charge in [-0.2, -0.15) is 0 Å². The molecule has 0 aliphatic heterocycles. The molecule has 0 saturated heterocycles. The molecule has 1 rings (SSSR count). The van der Waals surface area contributed by atoms with Crippen molar-refractivity contribution in [2.24, 2.45) is 5.73 Å². The van der Waals surface area contributed by atoms with Gasteiger partial charge < -0.3 is 21.3 Å². The monoisotopic (exact) mass is 252 g/mol. The summed E-state index contributed by atoms with van der Waals surface area (Å²) in [5.41, 5.74) is 8.98. The fraction of sp³-hybridized carbons (Fsp3) is 0.571. The first kappa shape index (κ1) is 15.1. The van der Waals surface area contributed by atoms with E-state index in [0.29, 0.717) is 26.1 Å². The highest BCUT2D eigenvalue weighted by molar-refractivity contribution is 5.32. The minimum Gasteiger partial charge on any atom is -0.393 e. The van der Waals surface area contributed by atoms with Crippen molar-refractivity contribution >= 4 is 0 Å². The zero-order valence-electron chi connectivity index (χ0n) is 11.2. The van der Waals surface area contributed by atoms with Crippen LogP contribution in [0.5, 0.6) is 0 Å². The van der Waals surface area contributed by atoms with E-state index in [1.807, 2.05) is 12.1 Å². The lowest BCUT2D eigenvalue weighted by Gasteiger charge is -2.14. The number of aliphatic hydroxyl groups excluding tert-OH is 2. The van der Waals surface area contributed by atoms with Crippen LogP contribution in [0.2, 0.25) is 0 Å². The highest BCUT2D eigenvalue weighted by atomic mass is 16.3. The van der Waals surface area contributed by atoms with Crippen LogP contribution in [0.3, 0.4) is 0 Å². The minimum atomic E-state index is -0.358. The van der Waals surface area contributed by atoms with Gasteiger partial charge in [-0.3, -0.25) is 0 Å². The predicted octanol–water partition coefficient (Wildman–Crippen LogP) is 0.539. The molecule has 0 aliphatic carbocycles. The fourth-order valence-electron chi connectivity index (χ4n) is 1.90. The van der Waals surface area contributed by atoms with E-state index in [9.17, 15) is 10.2 Å². The van der Waals surface area contributed by atoms with Crippen molar-refractivity contribution in [2.75, 3.05) is 6.54 Å². The lowest BCUT2D eigenvalue weighted by atomic mass is 9.99. The van der Waals surface area contributed by atoms with Gasteiger partial charge in [0.1, 0.15) is 0 Å². The molecule has 0 fully saturated rings. The van der Waals surface area contributed by atoms with Crippen LogP contribution in [0.25, 0.3) is 0 Å². The quantitative estimate of drug-likeness (QED) is 0.571. The van der Waals surface area contributed by atoms with Gasteiger partial charge in [-0.25, -0.2) is 0 Å². The average Bonchev–Trinajstić information content (AvgIpc) is 2.30. The Labute approximate surface area is 109 Å². The Morgan fingerprint density at radius 2 is 1.89 bits per heavy atom. The van der Waals surface area contributed by atoms with Gasteiger partial charge in [-0.05, 0) is 37.0 Å². The van der Waals surface area contributed by atoms with Crippen LogP contribution in [0.15, 0.2) is 18.2 Å². The maximum absolute atomic E-state index is 9.49. The van der Waals surface area contributed by atoms with Gasteiger partial charge in [0.05, 0.1) is 12.2 Å². The summed E-state index contributed by atoms with van der Waals surface area (Å²) in [5, 5.41) is 21.9. The van der Waals surface area contributed by atoms with Crippen LogP contribution >= 0.6 is 0 Å². The van der Waals surface area contributed by atoms with Crippen molar-refractivity contribution in [3.63, 3.8) is 0 Å². The Morgan fingerprint density at radius 3 is 2.44 bits per heavy atom. The number of rotatable bonds is 7. The Morgan fingerprint density at radius 1 is 1.17 bits per heavy atom. The van der Waals surface area contributed by atoms with Gasteiger partial charge in [0, 0.05) is 19.6 Å². The van der Waals surface area contributed by atoms with Crippen LogP contribution in [-0.2, 0) is 19.5 Å². The Kier molecular flexibility index (Phi) is 6.29. The molecular weight excluding hydrogens is 228 g/mol. The smallest absolute Gasteiger partial charge is 0.0636 e. The molecule has 102 valence electrons. The lowest BCUT2D eigenvalue weighted by Crippen LogP contribution is -2.24. The standard InChI is InChI=1S/C14H24N2O2/c1-10(17)5-13-4-3-12(7-15)6-14(13)9-16-8-11(2)18/h3-4,6,10-11,16-18H,5,7-9,15H2,1-2H3. The van der Waals surface area contributed by atoms with Crippen LogP contribution in [0, 0.1) is 0 Å². The number of benzene rings is 1. The van der Waals surface area contributed by atoms with Gasteiger partial charge in [0.2, 0.25) is 0 Å². The number of aliphatic hydroxyl groups is 2. The highest BCUT2D eigenvalue weighted by Gasteiger charge is 2.07. The summed E-state index contributed by atoms with van der Waals surface area (Å²) in [6.07, 6.45) is -0.0801. The molecular formula is C14H24N2O2. The first-order valence-corrected chi connectivity index (χ1v) is 6.40. The summed E-state index contributed by atoms with van der Waals surface area (Å²) in [7, 11) is 0. The van der Waals surface area contributed by atoms with Crippen LogP contribution in [0.1, 0.15) is 30.5 Å². The molecule has 2 unspecified atom stereocenters. The Bertz CT molecular complexity index is 365. The summed E-state index contributed by atoms with van der Waals surface area (Å²) in [4.78, 5) is 0. The maximum Gasteiger partial charge on any atom is 0.0636 e. The van der Waals surface area contributed by atoms with E-state index in [-0.39, 0.29) is 12.2 Å². The first-order valence-electron chi connectivity index (χ1n) is 6.40. The SMILES string of the molecule is CC(O)CNCc1cc(CN)ccc1CC(C)O. The summed E-state index contributed by atoms with van der Waals surface area (Å²) in [6.45, 7) is 5.28. The second-order valence-electron chi connectivity index (χ2n) is 4.84. The van der Waals surface area contributed by atoms with E-state index < -0.39 is 0 Å². The zero-order valence-corrected chi connectivity index (χ0v) is 11.2. The molecule has 0 aromatic heterocycles.